The number of nitrogens with zero attached hydrogens (tertiary/aromatic N) is 2. The van der Waals surface area contributed by atoms with Gasteiger partial charge in [0.15, 0.2) is 0 Å². The predicted octanol–water partition coefficient (Wildman–Crippen LogP) is 3.29. The molecule has 10 heteroatoms. The fourth-order valence-electron chi connectivity index (χ4n) is 3.27. The number of alkyl halides is 3. The summed E-state index contributed by atoms with van der Waals surface area (Å²) in [5.41, 5.74) is -0.0327. The van der Waals surface area contributed by atoms with E-state index in [9.17, 15) is 18.3 Å². The van der Waals surface area contributed by atoms with E-state index in [1.165, 1.54) is 6.33 Å². The van der Waals surface area contributed by atoms with E-state index in [1.807, 2.05) is 24.3 Å². The van der Waals surface area contributed by atoms with Gasteiger partial charge in [0, 0.05) is 5.56 Å². The maximum absolute atomic E-state index is 13.1. The molecular weight excluding hydrogens is 389 g/mol. The zero-order valence-electron chi connectivity index (χ0n) is 15.4. The lowest BCUT2D eigenvalue weighted by Crippen LogP contribution is -2.38. The molecule has 0 amide bonds. The highest BCUT2D eigenvalue weighted by Crippen LogP contribution is 2.38. The first kappa shape index (κ1) is 19.5. The van der Waals surface area contributed by atoms with Gasteiger partial charge < -0.3 is 24.9 Å². The Morgan fingerprint density at radius 1 is 1.34 bits per heavy atom. The van der Waals surface area contributed by atoms with Crippen molar-refractivity contribution in [3.8, 4) is 5.75 Å². The Kier molecular flexibility index (Phi) is 5.05. The molecule has 3 heterocycles. The first-order valence-corrected chi connectivity index (χ1v) is 9.02. The normalized spacial score (nSPS) is 20.2. The first-order chi connectivity index (χ1) is 13.8. The van der Waals surface area contributed by atoms with E-state index in [-0.39, 0.29) is 30.1 Å². The van der Waals surface area contributed by atoms with Gasteiger partial charge in [0.2, 0.25) is 0 Å². The van der Waals surface area contributed by atoms with Gasteiger partial charge in [0.25, 0.3) is 0 Å². The topological polar surface area (TPSA) is 92.3 Å². The zero-order chi connectivity index (χ0) is 20.6. The van der Waals surface area contributed by atoms with Crippen LogP contribution in [0.3, 0.4) is 0 Å². The number of halogens is 3. The summed E-state index contributed by atoms with van der Waals surface area (Å²) in [6.45, 7) is 1.92. The minimum Gasteiger partial charge on any atom is -0.490 e. The van der Waals surface area contributed by atoms with Crippen LogP contribution in [0.25, 0.3) is 11.0 Å². The summed E-state index contributed by atoms with van der Waals surface area (Å²) in [4.78, 5) is 10.3. The monoisotopic (exact) mass is 408 g/mol. The molecule has 7 nitrogen and oxygen atoms in total. The number of benzene rings is 1. The Balaban J connectivity index is 1.71. The van der Waals surface area contributed by atoms with Crippen LogP contribution in [-0.2, 0) is 10.9 Å². The number of aromatic nitrogens is 3. The summed E-state index contributed by atoms with van der Waals surface area (Å²) in [5, 5.41) is 13.0. The van der Waals surface area contributed by atoms with Crippen LogP contribution in [0, 0.1) is 0 Å². The average Bonchev–Trinajstić information content (AvgIpc) is 3.13. The molecule has 0 aliphatic carbocycles. The van der Waals surface area contributed by atoms with Crippen LogP contribution >= 0.6 is 0 Å². The molecule has 3 aromatic rings. The second kappa shape index (κ2) is 7.53. The fourth-order valence-corrected chi connectivity index (χ4v) is 3.27. The maximum Gasteiger partial charge on any atom is 0.431 e. The molecule has 0 fully saturated rings. The van der Waals surface area contributed by atoms with Crippen molar-refractivity contribution >= 4 is 16.9 Å². The van der Waals surface area contributed by atoms with Crippen molar-refractivity contribution in [2.24, 2.45) is 0 Å². The van der Waals surface area contributed by atoms with Crippen molar-refractivity contribution in [1.29, 1.82) is 0 Å². The molecule has 0 saturated heterocycles. The number of ether oxygens (including phenoxy) is 2. The van der Waals surface area contributed by atoms with E-state index in [4.69, 9.17) is 9.47 Å². The number of aliphatic hydroxyl groups excluding tert-OH is 1. The second-order valence-corrected chi connectivity index (χ2v) is 6.86. The molecule has 1 aliphatic rings. The van der Waals surface area contributed by atoms with E-state index in [0.29, 0.717) is 5.75 Å². The number of nitrogens with one attached hydrogen (secondary N) is 2. The van der Waals surface area contributed by atoms with E-state index in [2.05, 4.69) is 20.3 Å². The van der Waals surface area contributed by atoms with Crippen molar-refractivity contribution in [2.75, 3.05) is 18.5 Å². The standard InChI is InChI=1S/C19H19F3N4O3/c1-10(27)7-28-14-8-29-13-5-3-2-4-11(13)16(14)26-18-12-6-15(19(20,21)22)25-17(12)23-9-24-18/h2-6,9-10,14,16,27H,7-8H2,1H3,(H2,23,24,25,26)/t10?,14-,16?/m1/s1. The highest BCUT2D eigenvalue weighted by molar-refractivity contribution is 5.88. The number of aliphatic hydroxyl groups is 1. The SMILES string of the molecule is CC(O)CO[C@@H]1COc2ccccc2C1Nc1ncnc2[nH]c(C(F)(F)F)cc12. The smallest absolute Gasteiger partial charge is 0.431 e. The third kappa shape index (κ3) is 3.99. The second-order valence-electron chi connectivity index (χ2n) is 6.86. The summed E-state index contributed by atoms with van der Waals surface area (Å²) in [5.74, 6) is 0.895. The van der Waals surface area contributed by atoms with Gasteiger partial charge >= 0.3 is 6.18 Å². The van der Waals surface area contributed by atoms with E-state index >= 15 is 0 Å². The number of H-pyrrole nitrogens is 1. The molecule has 154 valence electrons. The summed E-state index contributed by atoms with van der Waals surface area (Å²) < 4.78 is 50.8. The quantitative estimate of drug-likeness (QED) is 0.600. The van der Waals surface area contributed by atoms with E-state index in [1.54, 1.807) is 6.92 Å². The van der Waals surface area contributed by atoms with Crippen molar-refractivity contribution in [1.82, 2.24) is 15.0 Å². The molecule has 1 aromatic carbocycles. The van der Waals surface area contributed by atoms with Crippen LogP contribution < -0.4 is 10.1 Å². The van der Waals surface area contributed by atoms with Gasteiger partial charge in [0.05, 0.1) is 24.1 Å². The zero-order valence-corrected chi connectivity index (χ0v) is 15.4. The van der Waals surface area contributed by atoms with Gasteiger partial charge in [-0.1, -0.05) is 18.2 Å². The largest absolute Gasteiger partial charge is 0.490 e. The third-order valence-electron chi connectivity index (χ3n) is 4.60. The Bertz CT molecular complexity index is 1010. The Hall–Kier alpha value is -2.85. The number of rotatable bonds is 5. The lowest BCUT2D eigenvalue weighted by molar-refractivity contribution is -0.140. The van der Waals surface area contributed by atoms with Gasteiger partial charge in [0.1, 0.15) is 41.9 Å². The Morgan fingerprint density at radius 2 is 2.14 bits per heavy atom. The fraction of sp³-hybridized carbons (Fsp3) is 0.368. The van der Waals surface area contributed by atoms with Crippen molar-refractivity contribution in [3.05, 3.63) is 47.9 Å². The number of aromatic amines is 1. The highest BCUT2D eigenvalue weighted by Gasteiger charge is 2.35. The lowest BCUT2D eigenvalue weighted by Gasteiger charge is -2.34. The molecule has 4 rings (SSSR count). The van der Waals surface area contributed by atoms with Gasteiger partial charge in [-0.15, -0.1) is 0 Å². The number of fused-ring (bicyclic) bond motifs is 2. The van der Waals surface area contributed by atoms with Gasteiger partial charge in [-0.05, 0) is 19.1 Å². The summed E-state index contributed by atoms with van der Waals surface area (Å²) in [6.07, 6.45) is -4.48. The van der Waals surface area contributed by atoms with Crippen LogP contribution in [0.5, 0.6) is 5.75 Å². The molecule has 2 aromatic heterocycles. The van der Waals surface area contributed by atoms with E-state index in [0.717, 1.165) is 11.6 Å². The van der Waals surface area contributed by atoms with Crippen LogP contribution in [0.15, 0.2) is 36.7 Å². The Labute approximate surface area is 163 Å². The molecule has 0 radical (unpaired) electrons. The van der Waals surface area contributed by atoms with Gasteiger partial charge in [-0.25, -0.2) is 9.97 Å². The minimum atomic E-state index is -4.52. The average molecular weight is 408 g/mol. The van der Waals surface area contributed by atoms with Crippen molar-refractivity contribution < 1.29 is 27.8 Å². The number of hydrogen-bond donors (Lipinski definition) is 3. The predicted molar refractivity (Wildman–Crippen MR) is 98.6 cm³/mol. The summed E-state index contributed by atoms with van der Waals surface area (Å²) >= 11 is 0. The van der Waals surface area contributed by atoms with Gasteiger partial charge in [-0.2, -0.15) is 13.2 Å². The van der Waals surface area contributed by atoms with Crippen LogP contribution in [0.1, 0.15) is 24.2 Å². The van der Waals surface area contributed by atoms with Crippen LogP contribution in [0.4, 0.5) is 19.0 Å². The maximum atomic E-state index is 13.1. The number of hydrogen-bond acceptors (Lipinski definition) is 6. The molecule has 29 heavy (non-hydrogen) atoms. The summed E-state index contributed by atoms with van der Waals surface area (Å²) in [6, 6.07) is 7.86. The molecule has 3 atom stereocenters. The molecule has 0 bridgehead atoms. The highest BCUT2D eigenvalue weighted by atomic mass is 19.4. The summed E-state index contributed by atoms with van der Waals surface area (Å²) in [7, 11) is 0. The minimum absolute atomic E-state index is 0.0802. The van der Waals surface area contributed by atoms with Crippen molar-refractivity contribution in [3.63, 3.8) is 0 Å². The van der Waals surface area contributed by atoms with Crippen LogP contribution in [0.2, 0.25) is 0 Å². The first-order valence-electron chi connectivity index (χ1n) is 9.02. The molecule has 0 spiro atoms. The Morgan fingerprint density at radius 3 is 2.90 bits per heavy atom. The molecule has 3 N–H and O–H groups in total. The molecule has 0 saturated carbocycles. The van der Waals surface area contributed by atoms with Crippen molar-refractivity contribution in [2.45, 2.75) is 31.3 Å². The molecule has 1 aliphatic heterocycles. The number of para-hydroxylation sites is 1. The number of anilines is 1. The third-order valence-corrected chi connectivity index (χ3v) is 4.60. The molecule has 2 unspecified atom stereocenters. The lowest BCUT2D eigenvalue weighted by atomic mass is 9.98. The van der Waals surface area contributed by atoms with Gasteiger partial charge in [-0.3, -0.25) is 0 Å². The van der Waals surface area contributed by atoms with E-state index < -0.39 is 30.1 Å². The molecular formula is C19H19F3N4O3. The van der Waals surface area contributed by atoms with Crippen LogP contribution in [-0.4, -0.2) is 45.5 Å².